The smallest absolute Gasteiger partial charge is 0.0465 e. The fourth-order valence-electron chi connectivity index (χ4n) is 9.43. The van der Waals surface area contributed by atoms with Crippen LogP contribution in [-0.2, 0) is 10.8 Å². The molecule has 1 nitrogen and oxygen atoms in total. The van der Waals surface area contributed by atoms with E-state index < -0.39 is 0 Å². The minimum atomic E-state index is -0.163. The summed E-state index contributed by atoms with van der Waals surface area (Å²) < 4.78 is 0. The molecule has 2 aliphatic rings. The van der Waals surface area contributed by atoms with Crippen LogP contribution < -0.4 is 4.90 Å². The Bertz CT molecular complexity index is 2570. The molecule has 0 aliphatic heterocycles. The summed E-state index contributed by atoms with van der Waals surface area (Å²) in [6.07, 6.45) is 0. The maximum absolute atomic E-state index is 2.46. The van der Waals surface area contributed by atoms with Gasteiger partial charge in [-0.3, -0.25) is 0 Å². The zero-order chi connectivity index (χ0) is 37.3. The van der Waals surface area contributed by atoms with E-state index in [1.807, 2.05) is 0 Å². The maximum atomic E-state index is 2.46. The van der Waals surface area contributed by atoms with Gasteiger partial charge < -0.3 is 4.90 Å². The van der Waals surface area contributed by atoms with E-state index >= 15 is 0 Å². The number of hydrogen-bond acceptors (Lipinski definition) is 1. The summed E-state index contributed by atoms with van der Waals surface area (Å²) in [6, 6.07) is 69.4. The Kier molecular flexibility index (Phi) is 7.58. The van der Waals surface area contributed by atoms with Gasteiger partial charge >= 0.3 is 0 Å². The third kappa shape index (κ3) is 5.22. The number of fused-ring (bicyclic) bond motifs is 6. The van der Waals surface area contributed by atoms with Crippen LogP contribution in [0, 0.1) is 0 Å². The van der Waals surface area contributed by atoms with Crippen LogP contribution in [0.2, 0.25) is 0 Å². The van der Waals surface area contributed by atoms with Gasteiger partial charge in [-0.05, 0) is 114 Å². The van der Waals surface area contributed by atoms with Gasteiger partial charge in [0, 0.05) is 27.9 Å². The molecule has 55 heavy (non-hydrogen) atoms. The molecule has 0 aromatic heterocycles. The van der Waals surface area contributed by atoms with E-state index in [1.165, 1.54) is 77.9 Å². The molecular weight excluding hydrogens is 663 g/mol. The molecule has 0 saturated carbocycles. The van der Waals surface area contributed by atoms with Crippen molar-refractivity contribution >= 4 is 17.1 Å². The monoisotopic (exact) mass is 705 g/mol. The van der Waals surface area contributed by atoms with Gasteiger partial charge in [-0.25, -0.2) is 0 Å². The first kappa shape index (κ1) is 33.2. The molecule has 0 unspecified atom stereocenters. The molecule has 0 amide bonds. The van der Waals surface area contributed by atoms with Crippen LogP contribution in [0.15, 0.2) is 188 Å². The molecule has 2 aliphatic carbocycles. The first-order valence-corrected chi connectivity index (χ1v) is 19.4. The Morgan fingerprint density at radius 2 is 0.673 bits per heavy atom. The third-order valence-electron chi connectivity index (χ3n) is 12.3. The second-order valence-electron chi connectivity index (χ2n) is 16.1. The highest BCUT2D eigenvalue weighted by molar-refractivity contribution is 5.96. The van der Waals surface area contributed by atoms with Gasteiger partial charge in [0.15, 0.2) is 0 Å². The summed E-state index contributed by atoms with van der Waals surface area (Å²) in [5.41, 5.74) is 21.5. The minimum Gasteiger partial charge on any atom is -0.310 e. The van der Waals surface area contributed by atoms with Crippen LogP contribution in [0.1, 0.15) is 49.9 Å². The predicted octanol–water partition coefficient (Wildman–Crippen LogP) is 14.8. The second kappa shape index (κ2) is 12.6. The highest BCUT2D eigenvalue weighted by atomic mass is 15.1. The van der Waals surface area contributed by atoms with Gasteiger partial charge in [0.2, 0.25) is 0 Å². The van der Waals surface area contributed by atoms with Crippen LogP contribution in [-0.4, -0.2) is 0 Å². The summed E-state index contributed by atoms with van der Waals surface area (Å²) in [5, 5.41) is 0. The van der Waals surface area contributed by atoms with Crippen molar-refractivity contribution in [2.45, 2.75) is 38.5 Å². The molecule has 0 saturated heterocycles. The fraction of sp³-hybridized carbons (Fsp3) is 0.111. The fourth-order valence-corrected chi connectivity index (χ4v) is 9.43. The van der Waals surface area contributed by atoms with Gasteiger partial charge in [-0.1, -0.05) is 179 Å². The lowest BCUT2D eigenvalue weighted by Gasteiger charge is -2.30. The Balaban J connectivity index is 1.14. The largest absolute Gasteiger partial charge is 0.310 e. The minimum absolute atomic E-state index is 0.163. The molecule has 1 heteroatoms. The lowest BCUT2D eigenvalue weighted by Crippen LogP contribution is -2.18. The number of nitrogens with zero attached hydrogens (tertiary/aromatic N) is 1. The first-order valence-electron chi connectivity index (χ1n) is 19.4. The average Bonchev–Trinajstić information content (AvgIpc) is 3.61. The summed E-state index contributed by atoms with van der Waals surface area (Å²) in [4.78, 5) is 2.46. The summed E-state index contributed by atoms with van der Waals surface area (Å²) in [6.45, 7) is 9.53. The number of benzene rings is 8. The van der Waals surface area contributed by atoms with E-state index in [0.717, 1.165) is 17.1 Å². The van der Waals surface area contributed by atoms with Crippen molar-refractivity contribution < 1.29 is 0 Å². The van der Waals surface area contributed by atoms with E-state index in [4.69, 9.17) is 0 Å². The molecule has 0 radical (unpaired) electrons. The molecule has 8 aromatic rings. The van der Waals surface area contributed by atoms with Crippen LogP contribution in [0.25, 0.3) is 55.6 Å². The zero-order valence-corrected chi connectivity index (χ0v) is 31.8. The van der Waals surface area contributed by atoms with E-state index in [0.29, 0.717) is 0 Å². The van der Waals surface area contributed by atoms with Crippen LogP contribution in [0.4, 0.5) is 17.1 Å². The summed E-state index contributed by atoms with van der Waals surface area (Å²) in [5.74, 6) is 0. The van der Waals surface area contributed by atoms with Crippen LogP contribution in [0.5, 0.6) is 0 Å². The quantitative estimate of drug-likeness (QED) is 0.166. The van der Waals surface area contributed by atoms with E-state index in [9.17, 15) is 0 Å². The summed E-state index contributed by atoms with van der Waals surface area (Å²) in [7, 11) is 0. The Morgan fingerprint density at radius 3 is 1.11 bits per heavy atom. The number of rotatable bonds is 6. The van der Waals surface area contributed by atoms with Crippen molar-refractivity contribution in [1.29, 1.82) is 0 Å². The highest BCUT2D eigenvalue weighted by Gasteiger charge is 2.39. The molecule has 0 atom stereocenters. The van der Waals surface area contributed by atoms with Crippen molar-refractivity contribution in [3.8, 4) is 55.6 Å². The van der Waals surface area contributed by atoms with Gasteiger partial charge in [-0.15, -0.1) is 0 Å². The first-order chi connectivity index (χ1) is 26.8. The normalized spacial score (nSPS) is 14.1. The predicted molar refractivity (Wildman–Crippen MR) is 233 cm³/mol. The maximum Gasteiger partial charge on any atom is 0.0465 e. The van der Waals surface area contributed by atoms with Crippen LogP contribution in [0.3, 0.4) is 0 Å². The van der Waals surface area contributed by atoms with Crippen molar-refractivity contribution in [3.05, 3.63) is 210 Å². The lowest BCUT2D eigenvalue weighted by atomic mass is 9.81. The van der Waals surface area contributed by atoms with Gasteiger partial charge in [-0.2, -0.15) is 0 Å². The van der Waals surface area contributed by atoms with Crippen LogP contribution >= 0.6 is 0 Å². The van der Waals surface area contributed by atoms with Gasteiger partial charge in [0.05, 0.1) is 0 Å². The summed E-state index contributed by atoms with van der Waals surface area (Å²) >= 11 is 0. The Hall–Kier alpha value is -6.44. The van der Waals surface area contributed by atoms with Crippen molar-refractivity contribution in [2.75, 3.05) is 4.90 Å². The van der Waals surface area contributed by atoms with E-state index in [1.54, 1.807) is 0 Å². The SMILES string of the molecule is CC1(C)c2cc(N(c3ccc(-c4ccccc4)cc3)c3ccc4c(c3)C(C)(C)c3cccc(-c5ccccc5)c3-4)ccc2-c2c(-c3ccccc3)cccc21. The molecule has 0 bridgehead atoms. The molecule has 0 heterocycles. The molecule has 0 fully saturated rings. The highest BCUT2D eigenvalue weighted by Crippen LogP contribution is 2.56. The van der Waals surface area contributed by atoms with E-state index in [2.05, 4.69) is 221 Å². The molecular formula is C54H43N. The van der Waals surface area contributed by atoms with Gasteiger partial charge in [0.1, 0.15) is 0 Å². The van der Waals surface area contributed by atoms with Gasteiger partial charge in [0.25, 0.3) is 0 Å². The Morgan fingerprint density at radius 1 is 0.291 bits per heavy atom. The van der Waals surface area contributed by atoms with Crippen molar-refractivity contribution in [2.24, 2.45) is 0 Å². The topological polar surface area (TPSA) is 3.24 Å². The number of anilines is 3. The number of hydrogen-bond donors (Lipinski definition) is 0. The molecule has 8 aromatic carbocycles. The van der Waals surface area contributed by atoms with E-state index in [-0.39, 0.29) is 10.8 Å². The van der Waals surface area contributed by atoms with Crippen molar-refractivity contribution in [3.63, 3.8) is 0 Å². The van der Waals surface area contributed by atoms with Crippen molar-refractivity contribution in [1.82, 2.24) is 0 Å². The zero-order valence-electron chi connectivity index (χ0n) is 31.8. The molecule has 0 spiro atoms. The molecule has 0 N–H and O–H groups in total. The average molecular weight is 706 g/mol. The lowest BCUT2D eigenvalue weighted by molar-refractivity contribution is 0.660. The third-order valence-corrected chi connectivity index (χ3v) is 12.3. The molecule has 10 rings (SSSR count). The standard InChI is InChI=1S/C54H43N/c1-53(2)47-24-14-22-43(38-18-10-6-11-19-38)51(47)45-32-30-41(34-49(45)53)55(40-28-26-37(27-29-40)36-16-8-5-9-17-36)42-31-33-46-50(35-42)54(3,4)48-25-15-23-44(52(46)48)39-20-12-7-13-21-39/h5-35H,1-4H3. The molecule has 264 valence electrons. The second-order valence-corrected chi connectivity index (χ2v) is 16.1. The Labute approximate surface area is 325 Å².